The van der Waals surface area contributed by atoms with Crippen LogP contribution in [-0.2, 0) is 4.74 Å². The lowest BCUT2D eigenvalue weighted by Crippen LogP contribution is -2.44. The molecule has 0 amide bonds. The second-order valence-electron chi connectivity index (χ2n) is 8.06. The maximum atomic E-state index is 12.5. The number of aromatic nitrogens is 1. The van der Waals surface area contributed by atoms with Gasteiger partial charge >= 0.3 is 5.97 Å². The highest BCUT2D eigenvalue weighted by Crippen LogP contribution is 2.59. The molecule has 4 bridgehead atoms. The van der Waals surface area contributed by atoms with Crippen molar-refractivity contribution in [2.75, 3.05) is 7.11 Å². The minimum absolute atomic E-state index is 0.239. The summed E-state index contributed by atoms with van der Waals surface area (Å²) < 4.78 is 5.09. The van der Waals surface area contributed by atoms with Crippen LogP contribution in [0.3, 0.4) is 0 Å². The first-order valence-electron chi connectivity index (χ1n) is 9.21. The van der Waals surface area contributed by atoms with Crippen molar-refractivity contribution < 1.29 is 9.53 Å². The monoisotopic (exact) mass is 321 g/mol. The van der Waals surface area contributed by atoms with Gasteiger partial charge in [0, 0.05) is 11.3 Å². The predicted octanol–water partition coefficient (Wildman–Crippen LogP) is 4.56. The fraction of sp³-hybridized carbons (Fsp3) is 0.524. The van der Waals surface area contributed by atoms with Crippen LogP contribution >= 0.6 is 0 Å². The Kier molecular flexibility index (Phi) is 3.19. The summed E-state index contributed by atoms with van der Waals surface area (Å²) in [6.07, 6.45) is 6.74. The van der Waals surface area contributed by atoms with Gasteiger partial charge in [0.1, 0.15) is 0 Å². The molecule has 1 aromatic heterocycles. The zero-order chi connectivity index (χ0) is 16.3. The highest BCUT2D eigenvalue weighted by molar-refractivity contribution is 5.95. The first-order valence-corrected chi connectivity index (χ1v) is 9.21. The van der Waals surface area contributed by atoms with Gasteiger partial charge in [0.25, 0.3) is 0 Å². The molecule has 24 heavy (non-hydrogen) atoms. The van der Waals surface area contributed by atoms with Gasteiger partial charge in [-0.3, -0.25) is 4.98 Å². The number of pyridine rings is 1. The summed E-state index contributed by atoms with van der Waals surface area (Å²) in [5.74, 6) is 3.46. The Labute approximate surface area is 142 Å². The van der Waals surface area contributed by atoms with Crippen molar-refractivity contribution in [2.24, 2.45) is 23.7 Å². The molecule has 4 aliphatic rings. The maximum absolute atomic E-state index is 12.5. The van der Waals surface area contributed by atoms with Crippen LogP contribution in [0, 0.1) is 23.7 Å². The largest absolute Gasteiger partial charge is 0.465 e. The molecule has 1 heterocycles. The van der Waals surface area contributed by atoms with E-state index >= 15 is 0 Å². The zero-order valence-electron chi connectivity index (χ0n) is 14.1. The van der Waals surface area contributed by atoms with Crippen LogP contribution < -0.4 is 0 Å². The average molecular weight is 321 g/mol. The summed E-state index contributed by atoms with van der Waals surface area (Å²) in [5, 5.41) is 1.02. The van der Waals surface area contributed by atoms with Crippen LogP contribution in [0.5, 0.6) is 0 Å². The van der Waals surface area contributed by atoms with Gasteiger partial charge in [-0.25, -0.2) is 4.79 Å². The highest BCUT2D eigenvalue weighted by Gasteiger charge is 2.50. The molecule has 3 heteroatoms. The van der Waals surface area contributed by atoms with E-state index in [1.165, 1.54) is 39.2 Å². The maximum Gasteiger partial charge on any atom is 0.339 e. The molecule has 2 aromatic rings. The van der Waals surface area contributed by atoms with Crippen molar-refractivity contribution in [3.05, 3.63) is 41.6 Å². The molecule has 124 valence electrons. The van der Waals surface area contributed by atoms with E-state index in [1.54, 1.807) is 0 Å². The molecular weight excluding hydrogens is 298 g/mol. The minimum Gasteiger partial charge on any atom is -0.465 e. The lowest BCUT2D eigenvalue weighted by Gasteiger charge is -2.54. The molecule has 0 unspecified atom stereocenters. The molecule has 0 saturated heterocycles. The normalized spacial score (nSPS) is 33.8. The van der Waals surface area contributed by atoms with Gasteiger partial charge in [-0.05, 0) is 67.9 Å². The number of benzene rings is 1. The molecule has 1 aromatic carbocycles. The van der Waals surface area contributed by atoms with Crippen LogP contribution in [-0.4, -0.2) is 18.1 Å². The Morgan fingerprint density at radius 3 is 2.38 bits per heavy atom. The smallest absolute Gasteiger partial charge is 0.339 e. The molecule has 0 spiro atoms. The number of esters is 1. The Balaban J connectivity index is 1.66. The van der Waals surface area contributed by atoms with E-state index in [4.69, 9.17) is 9.72 Å². The minimum atomic E-state index is -0.239. The second kappa shape index (κ2) is 5.30. The Morgan fingerprint density at radius 2 is 1.71 bits per heavy atom. The van der Waals surface area contributed by atoms with Crippen LogP contribution in [0.25, 0.3) is 10.9 Å². The topological polar surface area (TPSA) is 39.2 Å². The summed E-state index contributed by atoms with van der Waals surface area (Å²) in [4.78, 5) is 17.4. The number of ether oxygens (including phenoxy) is 1. The Morgan fingerprint density at radius 1 is 1.04 bits per heavy atom. The summed E-state index contributed by atoms with van der Waals surface area (Å²) in [6.45, 7) is 0. The van der Waals surface area contributed by atoms with E-state index in [2.05, 4.69) is 6.07 Å². The first kappa shape index (κ1) is 14.4. The van der Waals surface area contributed by atoms with Crippen molar-refractivity contribution in [1.29, 1.82) is 0 Å². The molecule has 4 saturated carbocycles. The van der Waals surface area contributed by atoms with Crippen molar-refractivity contribution in [2.45, 2.75) is 38.0 Å². The van der Waals surface area contributed by atoms with E-state index in [0.717, 1.165) is 28.4 Å². The van der Waals surface area contributed by atoms with Crippen LogP contribution in [0.4, 0.5) is 0 Å². The van der Waals surface area contributed by atoms with E-state index in [-0.39, 0.29) is 5.97 Å². The van der Waals surface area contributed by atoms with Gasteiger partial charge in [0.15, 0.2) is 0 Å². The van der Waals surface area contributed by atoms with Crippen LogP contribution in [0.2, 0.25) is 0 Å². The molecule has 0 atom stereocenters. The van der Waals surface area contributed by atoms with E-state index in [9.17, 15) is 4.79 Å². The summed E-state index contributed by atoms with van der Waals surface area (Å²) in [5.41, 5.74) is 2.69. The highest BCUT2D eigenvalue weighted by atomic mass is 16.5. The molecule has 0 N–H and O–H groups in total. The Hall–Kier alpha value is -1.90. The van der Waals surface area contributed by atoms with Crippen molar-refractivity contribution in [1.82, 2.24) is 4.98 Å². The first-order chi connectivity index (χ1) is 11.7. The van der Waals surface area contributed by atoms with Crippen LogP contribution in [0.1, 0.15) is 54.1 Å². The number of carbonyl (C=O) groups is 1. The van der Waals surface area contributed by atoms with Gasteiger partial charge in [0.05, 0.1) is 23.9 Å². The fourth-order valence-electron chi connectivity index (χ4n) is 6.03. The standard InChI is InChI=1S/C21H23NO2/c1-24-21(23)17-11-14-4-2-3-5-18(14)22-20(17)19-15-7-12-6-13(9-15)10-16(19)8-12/h2-5,11-13,15-16,19H,6-10H2,1H3. The van der Waals surface area contributed by atoms with Gasteiger partial charge in [-0.1, -0.05) is 18.2 Å². The third-order valence-corrected chi connectivity index (χ3v) is 6.70. The number of hydrogen-bond donors (Lipinski definition) is 0. The van der Waals surface area contributed by atoms with Gasteiger partial charge in [0.2, 0.25) is 0 Å². The molecule has 4 fully saturated rings. The number of para-hydroxylation sites is 1. The van der Waals surface area contributed by atoms with E-state index < -0.39 is 0 Å². The number of methoxy groups -OCH3 is 1. The second-order valence-corrected chi connectivity index (χ2v) is 8.06. The predicted molar refractivity (Wildman–Crippen MR) is 92.9 cm³/mol. The lowest BCUT2D eigenvalue weighted by atomic mass is 9.51. The SMILES string of the molecule is COC(=O)c1cc2ccccc2nc1C1C2CC3CC(C2)CC1C3. The average Bonchev–Trinajstić information content (AvgIpc) is 2.59. The number of hydrogen-bond acceptors (Lipinski definition) is 3. The van der Waals surface area contributed by atoms with E-state index in [0.29, 0.717) is 23.3 Å². The third kappa shape index (κ3) is 2.10. The zero-order valence-corrected chi connectivity index (χ0v) is 14.1. The molecule has 3 nitrogen and oxygen atoms in total. The third-order valence-electron chi connectivity index (χ3n) is 6.70. The molecule has 0 aliphatic heterocycles. The van der Waals surface area contributed by atoms with Crippen molar-refractivity contribution in [3.8, 4) is 0 Å². The fourth-order valence-corrected chi connectivity index (χ4v) is 6.03. The number of nitrogens with zero attached hydrogens (tertiary/aromatic N) is 1. The molecule has 6 rings (SSSR count). The Bertz CT molecular complexity index is 785. The number of fused-ring (bicyclic) bond motifs is 1. The van der Waals surface area contributed by atoms with Gasteiger partial charge in [-0.2, -0.15) is 0 Å². The number of rotatable bonds is 2. The quantitative estimate of drug-likeness (QED) is 0.761. The molecular formula is C21H23NO2. The van der Waals surface area contributed by atoms with Crippen molar-refractivity contribution >= 4 is 16.9 Å². The lowest BCUT2D eigenvalue weighted by molar-refractivity contribution is -0.00453. The van der Waals surface area contributed by atoms with Gasteiger partial charge in [-0.15, -0.1) is 0 Å². The summed E-state index contributed by atoms with van der Waals surface area (Å²) in [6, 6.07) is 10.1. The van der Waals surface area contributed by atoms with Crippen molar-refractivity contribution in [3.63, 3.8) is 0 Å². The molecule has 0 radical (unpaired) electrons. The molecule has 4 aliphatic carbocycles. The summed E-state index contributed by atoms with van der Waals surface area (Å²) >= 11 is 0. The number of carbonyl (C=O) groups excluding carboxylic acids is 1. The summed E-state index contributed by atoms with van der Waals surface area (Å²) in [7, 11) is 1.47. The van der Waals surface area contributed by atoms with Crippen LogP contribution in [0.15, 0.2) is 30.3 Å². The van der Waals surface area contributed by atoms with E-state index in [1.807, 2.05) is 24.3 Å². The van der Waals surface area contributed by atoms with Gasteiger partial charge < -0.3 is 4.74 Å².